The highest BCUT2D eigenvalue weighted by atomic mass is 28.4. The Labute approximate surface area is 150 Å². The number of benzene rings is 1. The van der Waals surface area contributed by atoms with Crippen LogP contribution in [-0.4, -0.2) is 20.5 Å². The zero-order chi connectivity index (χ0) is 18.4. The molecule has 0 radical (unpaired) electrons. The Morgan fingerprint density at radius 2 is 1.71 bits per heavy atom. The van der Waals surface area contributed by atoms with Crippen LogP contribution in [0.5, 0.6) is 0 Å². The lowest BCUT2D eigenvalue weighted by molar-refractivity contribution is -0.0231. The molecule has 0 aliphatic carbocycles. The van der Waals surface area contributed by atoms with Gasteiger partial charge in [-0.05, 0) is 37.0 Å². The molecule has 24 heavy (non-hydrogen) atoms. The second kappa shape index (κ2) is 8.98. The highest BCUT2D eigenvalue weighted by Gasteiger charge is 2.40. The summed E-state index contributed by atoms with van der Waals surface area (Å²) in [5.41, 5.74) is 1.21. The van der Waals surface area contributed by atoms with Crippen molar-refractivity contribution in [3.8, 4) is 0 Å². The van der Waals surface area contributed by atoms with Crippen LogP contribution in [0.25, 0.3) is 0 Å². The van der Waals surface area contributed by atoms with Crippen molar-refractivity contribution in [2.45, 2.75) is 78.0 Å². The molecule has 0 aliphatic heterocycles. The molecule has 3 atom stereocenters. The number of hydrogen-bond acceptors (Lipinski definition) is 2. The molecule has 0 saturated heterocycles. The third kappa shape index (κ3) is 6.19. The minimum Gasteiger partial charge on any atom is -0.413 e. The summed E-state index contributed by atoms with van der Waals surface area (Å²) in [5, 5.41) is 0.209. The van der Waals surface area contributed by atoms with Crippen LogP contribution in [0.15, 0.2) is 43.0 Å². The van der Waals surface area contributed by atoms with E-state index in [0.717, 1.165) is 6.42 Å². The molecule has 0 unspecified atom stereocenters. The first kappa shape index (κ1) is 21.1. The molecule has 0 amide bonds. The van der Waals surface area contributed by atoms with E-state index in [4.69, 9.17) is 9.16 Å². The van der Waals surface area contributed by atoms with Gasteiger partial charge in [0.2, 0.25) is 0 Å². The molecule has 1 aromatic rings. The highest BCUT2D eigenvalue weighted by molar-refractivity contribution is 6.74. The molecule has 0 bridgehead atoms. The van der Waals surface area contributed by atoms with Gasteiger partial charge >= 0.3 is 0 Å². The van der Waals surface area contributed by atoms with E-state index in [1.807, 2.05) is 24.3 Å². The number of ether oxygens (including phenoxy) is 1. The van der Waals surface area contributed by atoms with Gasteiger partial charge in [0.1, 0.15) is 0 Å². The van der Waals surface area contributed by atoms with E-state index in [9.17, 15) is 0 Å². The molecule has 0 fully saturated rings. The summed E-state index contributed by atoms with van der Waals surface area (Å²) in [4.78, 5) is 0. The van der Waals surface area contributed by atoms with E-state index < -0.39 is 8.32 Å². The highest BCUT2D eigenvalue weighted by Crippen LogP contribution is 2.39. The van der Waals surface area contributed by atoms with Crippen LogP contribution >= 0.6 is 0 Å². The topological polar surface area (TPSA) is 18.5 Å². The van der Waals surface area contributed by atoms with Crippen molar-refractivity contribution in [3.05, 3.63) is 48.6 Å². The summed E-state index contributed by atoms with van der Waals surface area (Å²) in [6.45, 7) is 20.4. The normalized spacial score (nSPS) is 16.5. The lowest BCUT2D eigenvalue weighted by Gasteiger charge is -2.41. The zero-order valence-corrected chi connectivity index (χ0v) is 17.6. The van der Waals surface area contributed by atoms with Crippen LogP contribution in [0.1, 0.15) is 46.6 Å². The minimum atomic E-state index is -1.80. The molecule has 0 N–H and O–H groups in total. The lowest BCUT2D eigenvalue weighted by atomic mass is 9.97. The van der Waals surface area contributed by atoms with Gasteiger partial charge in [0.15, 0.2) is 8.32 Å². The fourth-order valence-electron chi connectivity index (χ4n) is 2.35. The van der Waals surface area contributed by atoms with Gasteiger partial charge in [0.25, 0.3) is 0 Å². The SMILES string of the molecule is C=CC[C@@H](O[Si](C)(C)C(C)(C)C)[C@@H](C)[C@@H](C)OCc1ccccc1. The number of rotatable bonds is 9. The van der Waals surface area contributed by atoms with E-state index in [1.54, 1.807) is 0 Å². The maximum absolute atomic E-state index is 6.67. The van der Waals surface area contributed by atoms with Crippen molar-refractivity contribution in [3.63, 3.8) is 0 Å². The molecule has 0 heterocycles. The van der Waals surface area contributed by atoms with Crippen LogP contribution in [0.4, 0.5) is 0 Å². The van der Waals surface area contributed by atoms with Crippen molar-refractivity contribution in [1.82, 2.24) is 0 Å². The Kier molecular flexibility index (Phi) is 7.91. The molecule has 0 aliphatic rings. The smallest absolute Gasteiger partial charge is 0.192 e. The largest absolute Gasteiger partial charge is 0.413 e. The maximum Gasteiger partial charge on any atom is 0.192 e. The molecule has 0 saturated carbocycles. The predicted octanol–water partition coefficient (Wildman–Crippen LogP) is 6.19. The van der Waals surface area contributed by atoms with E-state index in [1.165, 1.54) is 5.56 Å². The molecule has 136 valence electrons. The third-order valence-corrected chi connectivity index (χ3v) is 9.84. The van der Waals surface area contributed by atoms with Gasteiger partial charge in [-0.15, -0.1) is 6.58 Å². The Bertz CT molecular complexity index is 490. The molecular formula is C21H36O2Si. The summed E-state index contributed by atoms with van der Waals surface area (Å²) in [6.07, 6.45) is 3.14. The van der Waals surface area contributed by atoms with E-state index in [-0.39, 0.29) is 17.2 Å². The van der Waals surface area contributed by atoms with Gasteiger partial charge in [-0.2, -0.15) is 0 Å². The van der Waals surface area contributed by atoms with Crippen LogP contribution < -0.4 is 0 Å². The van der Waals surface area contributed by atoms with Gasteiger partial charge < -0.3 is 9.16 Å². The van der Waals surface area contributed by atoms with Crippen molar-refractivity contribution in [1.29, 1.82) is 0 Å². The quantitative estimate of drug-likeness (QED) is 0.391. The molecule has 0 spiro atoms. The second-order valence-electron chi connectivity index (χ2n) is 8.30. The minimum absolute atomic E-state index is 0.139. The Morgan fingerprint density at radius 1 is 1.12 bits per heavy atom. The standard InChI is InChI=1S/C21H36O2Si/c1-9-13-20(23-24(7,8)21(4,5)6)17(2)18(3)22-16-19-14-11-10-12-15-19/h9-12,14-15,17-18,20H,1,13,16H2,2-8H3/t17-,18+,20+/m0/s1. The first-order chi connectivity index (χ1) is 11.1. The van der Waals surface area contributed by atoms with Crippen molar-refractivity contribution >= 4 is 8.32 Å². The molecule has 1 rings (SSSR count). The third-order valence-electron chi connectivity index (χ3n) is 5.33. The monoisotopic (exact) mass is 348 g/mol. The van der Waals surface area contributed by atoms with Gasteiger partial charge in [-0.3, -0.25) is 0 Å². The summed E-state index contributed by atoms with van der Waals surface area (Å²) < 4.78 is 12.8. The molecule has 3 heteroatoms. The first-order valence-electron chi connectivity index (χ1n) is 9.02. The van der Waals surface area contributed by atoms with Gasteiger partial charge in [0.05, 0.1) is 18.8 Å². The van der Waals surface area contributed by atoms with E-state index in [0.29, 0.717) is 12.5 Å². The maximum atomic E-state index is 6.67. The Morgan fingerprint density at radius 3 is 2.21 bits per heavy atom. The van der Waals surface area contributed by atoms with E-state index >= 15 is 0 Å². The summed E-state index contributed by atoms with van der Waals surface area (Å²) in [6, 6.07) is 10.3. The Balaban J connectivity index is 2.70. The summed E-state index contributed by atoms with van der Waals surface area (Å²) in [7, 11) is -1.80. The van der Waals surface area contributed by atoms with Crippen LogP contribution in [0, 0.1) is 5.92 Å². The fraction of sp³-hybridized carbons (Fsp3) is 0.619. The van der Waals surface area contributed by atoms with Crippen LogP contribution in [0.2, 0.25) is 18.1 Å². The van der Waals surface area contributed by atoms with E-state index in [2.05, 4.69) is 66.4 Å². The van der Waals surface area contributed by atoms with Crippen molar-refractivity contribution in [2.75, 3.05) is 0 Å². The summed E-state index contributed by atoms with van der Waals surface area (Å²) in [5.74, 6) is 0.320. The predicted molar refractivity (Wildman–Crippen MR) is 107 cm³/mol. The van der Waals surface area contributed by atoms with Crippen LogP contribution in [0.3, 0.4) is 0 Å². The Hall–Kier alpha value is -0.903. The fourth-order valence-corrected chi connectivity index (χ4v) is 3.77. The average molecular weight is 349 g/mol. The van der Waals surface area contributed by atoms with Gasteiger partial charge in [0, 0.05) is 5.92 Å². The molecular weight excluding hydrogens is 312 g/mol. The van der Waals surface area contributed by atoms with Gasteiger partial charge in [-0.25, -0.2) is 0 Å². The summed E-state index contributed by atoms with van der Waals surface area (Å²) >= 11 is 0. The number of hydrogen-bond donors (Lipinski definition) is 0. The zero-order valence-electron chi connectivity index (χ0n) is 16.6. The van der Waals surface area contributed by atoms with Crippen molar-refractivity contribution < 1.29 is 9.16 Å². The van der Waals surface area contributed by atoms with Crippen LogP contribution in [-0.2, 0) is 15.8 Å². The molecule has 0 aromatic heterocycles. The lowest BCUT2D eigenvalue weighted by Crippen LogP contribution is -2.47. The first-order valence-corrected chi connectivity index (χ1v) is 11.9. The second-order valence-corrected chi connectivity index (χ2v) is 13.1. The van der Waals surface area contributed by atoms with Gasteiger partial charge in [-0.1, -0.05) is 64.1 Å². The molecule has 2 nitrogen and oxygen atoms in total. The average Bonchev–Trinajstić information content (AvgIpc) is 2.51. The van der Waals surface area contributed by atoms with Crippen molar-refractivity contribution in [2.24, 2.45) is 5.92 Å². The molecule has 1 aromatic carbocycles.